The second kappa shape index (κ2) is 6.59. The van der Waals surface area contributed by atoms with Crippen molar-refractivity contribution in [2.24, 2.45) is 0 Å². The van der Waals surface area contributed by atoms with Gasteiger partial charge in [-0.05, 0) is 44.4 Å². The van der Waals surface area contributed by atoms with Crippen molar-refractivity contribution in [3.63, 3.8) is 0 Å². The zero-order valence-corrected chi connectivity index (χ0v) is 12.8. The predicted molar refractivity (Wildman–Crippen MR) is 80.5 cm³/mol. The number of hydrogen-bond acceptors (Lipinski definition) is 3. The van der Waals surface area contributed by atoms with Crippen molar-refractivity contribution in [3.8, 4) is 6.07 Å². The largest absolute Gasteiger partial charge is 0.376 e. The molecule has 1 aliphatic heterocycles. The number of amides is 1. The smallest absolute Gasteiger partial charge is 0.261 e. The molecule has 1 amide bonds. The van der Waals surface area contributed by atoms with E-state index in [4.69, 9.17) is 10.00 Å². The monoisotopic (exact) mass is 287 g/mol. The van der Waals surface area contributed by atoms with Crippen LogP contribution in [0.25, 0.3) is 6.08 Å². The number of nitrogens with one attached hydrogen (secondary N) is 1. The molecule has 21 heavy (non-hydrogen) atoms. The second-order valence-corrected chi connectivity index (χ2v) is 5.32. The molecule has 1 N–H and O–H groups in total. The van der Waals surface area contributed by atoms with Crippen LogP contribution in [0.3, 0.4) is 0 Å². The highest BCUT2D eigenvalue weighted by molar-refractivity contribution is 6.01. The van der Waals surface area contributed by atoms with E-state index < -0.39 is 0 Å². The summed E-state index contributed by atoms with van der Waals surface area (Å²) >= 11 is 0. The van der Waals surface area contributed by atoms with Crippen molar-refractivity contribution in [1.29, 1.82) is 5.26 Å². The zero-order valence-electron chi connectivity index (χ0n) is 12.8. The van der Waals surface area contributed by atoms with Crippen LogP contribution in [0.1, 0.15) is 29.8 Å². The Kier molecular flexibility index (Phi) is 4.81. The summed E-state index contributed by atoms with van der Waals surface area (Å²) in [4.78, 5) is 11.6. The van der Waals surface area contributed by atoms with Gasteiger partial charge in [0.25, 0.3) is 5.91 Å². The van der Waals surface area contributed by atoms with E-state index in [9.17, 15) is 4.79 Å². The molecule has 0 saturated carbocycles. The number of carbonyl (C=O) groups excluding carboxylic acids is 1. The first-order valence-electron chi connectivity index (χ1n) is 7.19. The topological polar surface area (TPSA) is 67.0 Å². The van der Waals surface area contributed by atoms with E-state index in [0.29, 0.717) is 0 Å². The lowest BCUT2D eigenvalue weighted by atomic mass is 10.1. The van der Waals surface area contributed by atoms with Gasteiger partial charge in [0.05, 0.1) is 6.10 Å². The summed E-state index contributed by atoms with van der Waals surface area (Å²) in [6.45, 7) is 5.71. The van der Waals surface area contributed by atoms with E-state index in [1.54, 1.807) is 6.08 Å². The Hall–Kier alpha value is -2.06. The normalized spacial score (nSPS) is 18.6. The minimum atomic E-state index is -0.360. The Morgan fingerprint density at radius 3 is 2.95 bits per heavy atom. The molecule has 1 aromatic rings. The molecule has 1 aromatic heterocycles. The summed E-state index contributed by atoms with van der Waals surface area (Å²) < 4.78 is 7.88. The molecule has 0 unspecified atom stereocenters. The third-order valence-electron chi connectivity index (χ3n) is 3.91. The quantitative estimate of drug-likeness (QED) is 0.679. The molecule has 1 aliphatic rings. The van der Waals surface area contributed by atoms with Crippen molar-refractivity contribution in [1.82, 2.24) is 9.88 Å². The van der Waals surface area contributed by atoms with Crippen molar-refractivity contribution < 1.29 is 9.53 Å². The van der Waals surface area contributed by atoms with Crippen molar-refractivity contribution in [2.75, 3.05) is 13.7 Å². The van der Waals surface area contributed by atoms with Crippen molar-refractivity contribution >= 4 is 12.0 Å². The molecule has 112 valence electrons. The van der Waals surface area contributed by atoms with Gasteiger partial charge in [0.15, 0.2) is 0 Å². The molecule has 0 radical (unpaired) electrons. The highest BCUT2D eigenvalue weighted by Gasteiger charge is 2.19. The van der Waals surface area contributed by atoms with E-state index in [0.717, 1.165) is 42.9 Å². The number of aromatic nitrogens is 1. The Morgan fingerprint density at radius 2 is 2.38 bits per heavy atom. The summed E-state index contributed by atoms with van der Waals surface area (Å²) in [5.41, 5.74) is 3.20. The van der Waals surface area contributed by atoms with Gasteiger partial charge in [-0.3, -0.25) is 4.79 Å². The van der Waals surface area contributed by atoms with Gasteiger partial charge >= 0.3 is 0 Å². The van der Waals surface area contributed by atoms with Crippen LogP contribution in [0.2, 0.25) is 0 Å². The molecule has 2 rings (SSSR count). The van der Waals surface area contributed by atoms with Crippen LogP contribution in [0.15, 0.2) is 11.6 Å². The van der Waals surface area contributed by atoms with Gasteiger partial charge in [-0.2, -0.15) is 5.26 Å². The van der Waals surface area contributed by atoms with Gasteiger partial charge in [0.2, 0.25) is 0 Å². The number of carbonyl (C=O) groups is 1. The minimum absolute atomic E-state index is 0.120. The van der Waals surface area contributed by atoms with Crippen molar-refractivity contribution in [2.45, 2.75) is 39.3 Å². The van der Waals surface area contributed by atoms with Crippen LogP contribution in [0.5, 0.6) is 0 Å². The van der Waals surface area contributed by atoms with Crippen LogP contribution in [-0.4, -0.2) is 30.2 Å². The highest BCUT2D eigenvalue weighted by atomic mass is 16.5. The molecular formula is C16H21N3O2. The molecule has 0 aromatic carbocycles. The number of nitrogens with zero attached hydrogens (tertiary/aromatic N) is 2. The number of likely N-dealkylation sites (N-methyl/N-ethyl adjacent to an activating group) is 1. The van der Waals surface area contributed by atoms with Crippen molar-refractivity contribution in [3.05, 3.63) is 28.6 Å². The SMILES string of the molecule is CNC(=O)/C(C#N)=C/c1cc(C)n(C[C@@H]2CCCO2)c1C. The Balaban J connectivity index is 2.28. The second-order valence-electron chi connectivity index (χ2n) is 5.32. The van der Waals surface area contributed by atoms with E-state index in [2.05, 4.69) is 9.88 Å². The van der Waals surface area contributed by atoms with Crippen LogP contribution in [-0.2, 0) is 16.1 Å². The van der Waals surface area contributed by atoms with Gasteiger partial charge in [-0.15, -0.1) is 0 Å². The Bertz CT molecular complexity index is 602. The molecule has 0 spiro atoms. The summed E-state index contributed by atoms with van der Waals surface area (Å²) in [5.74, 6) is -0.360. The molecule has 5 heteroatoms. The maximum Gasteiger partial charge on any atom is 0.261 e. The molecule has 2 heterocycles. The minimum Gasteiger partial charge on any atom is -0.376 e. The summed E-state index contributed by atoms with van der Waals surface area (Å²) in [5, 5.41) is 11.6. The Labute approximate surface area is 125 Å². The molecule has 1 fully saturated rings. The number of aryl methyl sites for hydroxylation is 1. The predicted octanol–water partition coefficient (Wildman–Crippen LogP) is 1.94. The highest BCUT2D eigenvalue weighted by Crippen LogP contribution is 2.22. The van der Waals surface area contributed by atoms with Crippen LogP contribution < -0.4 is 5.32 Å². The summed E-state index contributed by atoms with van der Waals surface area (Å²) in [7, 11) is 1.52. The van der Waals surface area contributed by atoms with Gasteiger partial charge in [0, 0.05) is 31.6 Å². The fraction of sp³-hybridized carbons (Fsp3) is 0.500. The number of rotatable bonds is 4. The molecular weight excluding hydrogens is 266 g/mol. The molecule has 5 nitrogen and oxygen atoms in total. The van der Waals surface area contributed by atoms with Gasteiger partial charge < -0.3 is 14.6 Å². The van der Waals surface area contributed by atoms with Crippen LogP contribution in [0, 0.1) is 25.2 Å². The first kappa shape index (κ1) is 15.3. The van der Waals surface area contributed by atoms with E-state index in [1.165, 1.54) is 7.05 Å². The zero-order chi connectivity index (χ0) is 15.4. The molecule has 1 atom stereocenters. The number of nitriles is 1. The lowest BCUT2D eigenvalue weighted by molar-refractivity contribution is -0.116. The first-order chi connectivity index (χ1) is 10.1. The fourth-order valence-electron chi connectivity index (χ4n) is 2.69. The standard InChI is InChI=1S/C16H21N3O2/c1-11-7-13(8-14(9-17)16(20)18-3)12(2)19(11)10-15-5-4-6-21-15/h7-8,15H,4-6,10H2,1-3H3,(H,18,20)/b14-8+/t15-/m0/s1. The average molecular weight is 287 g/mol. The van der Waals surface area contributed by atoms with Gasteiger partial charge in [0.1, 0.15) is 11.6 Å². The third-order valence-corrected chi connectivity index (χ3v) is 3.91. The van der Waals surface area contributed by atoms with Gasteiger partial charge in [-0.25, -0.2) is 0 Å². The molecule has 0 bridgehead atoms. The summed E-state index contributed by atoms with van der Waals surface area (Å²) in [6.07, 6.45) is 4.12. The van der Waals surface area contributed by atoms with E-state index in [-0.39, 0.29) is 17.6 Å². The lowest BCUT2D eigenvalue weighted by Crippen LogP contribution is -2.19. The molecule has 0 aliphatic carbocycles. The lowest BCUT2D eigenvalue weighted by Gasteiger charge is -2.14. The maximum atomic E-state index is 11.6. The maximum absolute atomic E-state index is 11.6. The first-order valence-corrected chi connectivity index (χ1v) is 7.19. The number of hydrogen-bond donors (Lipinski definition) is 1. The third kappa shape index (κ3) is 3.34. The van der Waals surface area contributed by atoms with E-state index in [1.807, 2.05) is 26.0 Å². The van der Waals surface area contributed by atoms with Gasteiger partial charge in [-0.1, -0.05) is 0 Å². The average Bonchev–Trinajstić information content (AvgIpc) is 3.08. The van der Waals surface area contributed by atoms with Crippen LogP contribution in [0.4, 0.5) is 0 Å². The van der Waals surface area contributed by atoms with E-state index >= 15 is 0 Å². The molecule has 1 saturated heterocycles. The van der Waals surface area contributed by atoms with Crippen LogP contribution >= 0.6 is 0 Å². The number of ether oxygens (including phenoxy) is 1. The fourth-order valence-corrected chi connectivity index (χ4v) is 2.69. The summed E-state index contributed by atoms with van der Waals surface area (Å²) in [6, 6.07) is 3.95. The Morgan fingerprint density at radius 1 is 1.62 bits per heavy atom.